The molecule has 212 valence electrons. The third kappa shape index (κ3) is 10.4. The van der Waals surface area contributed by atoms with Crippen LogP contribution < -0.4 is 10.1 Å². The van der Waals surface area contributed by atoms with Gasteiger partial charge in [-0.3, -0.25) is 0 Å². The van der Waals surface area contributed by atoms with Crippen molar-refractivity contribution in [2.75, 3.05) is 58.7 Å². The van der Waals surface area contributed by atoms with E-state index in [1.54, 1.807) is 0 Å². The Morgan fingerprint density at radius 3 is 2.24 bits per heavy atom. The number of ether oxygens (including phenoxy) is 1. The molecule has 2 aliphatic heterocycles. The van der Waals surface area contributed by atoms with Crippen LogP contribution in [0.5, 0.6) is 5.88 Å². The highest BCUT2D eigenvalue weighted by Crippen LogP contribution is 2.27. The lowest BCUT2D eigenvalue weighted by Crippen LogP contribution is -2.25. The standard InChI is InChI=1S/C14H24N4S.C14H23N3OS/c1-3-4-5-6-9-15-14-13(16-19-17-14)12-8-7-10-18(2)11-12;1-3-4-5-6-10-18-14-13(15-19-16-14)12-8-7-9-17(2)11-12/h8H,3-7,9-11H2,1-2H3,(H,15,17);8H,3-7,9-11H2,1-2H3/i;2D. The van der Waals surface area contributed by atoms with E-state index in [2.05, 4.69) is 65.7 Å². The molecule has 1 N–H and O–H groups in total. The first kappa shape index (κ1) is 29.1. The fourth-order valence-corrected chi connectivity index (χ4v) is 5.58. The van der Waals surface area contributed by atoms with Gasteiger partial charge >= 0.3 is 0 Å². The predicted octanol–water partition coefficient (Wildman–Crippen LogP) is 6.47. The Bertz CT molecular complexity index is 1010. The molecular weight excluding hydrogens is 514 g/mol. The number of hydrogen-bond donors (Lipinski definition) is 1. The van der Waals surface area contributed by atoms with Gasteiger partial charge in [0.2, 0.25) is 0 Å². The molecule has 2 aliphatic rings. The third-order valence-corrected chi connectivity index (χ3v) is 7.73. The second-order valence-corrected chi connectivity index (χ2v) is 11.2. The second-order valence-electron chi connectivity index (χ2n) is 10.1. The van der Waals surface area contributed by atoms with Crippen LogP contribution in [-0.4, -0.2) is 80.7 Å². The maximum atomic E-state index is 7.48. The van der Waals surface area contributed by atoms with Crippen LogP contribution in [0.1, 0.15) is 90.8 Å². The first-order chi connectivity index (χ1) is 19.2. The first-order valence-corrected chi connectivity index (χ1v) is 15.7. The molecule has 10 heteroatoms. The largest absolute Gasteiger partial charge is 0.475 e. The molecule has 38 heavy (non-hydrogen) atoms. The molecule has 0 aromatic carbocycles. The average molecular weight is 563 g/mol. The predicted molar refractivity (Wildman–Crippen MR) is 162 cm³/mol. The van der Waals surface area contributed by atoms with Gasteiger partial charge in [0.1, 0.15) is 11.4 Å². The zero-order valence-electron chi connectivity index (χ0n) is 24.6. The van der Waals surface area contributed by atoms with Crippen LogP contribution in [-0.2, 0) is 0 Å². The minimum Gasteiger partial charge on any atom is -0.475 e. The summed E-state index contributed by atoms with van der Waals surface area (Å²) in [5.74, 6) is 1.65. The summed E-state index contributed by atoms with van der Waals surface area (Å²) in [6, 6.07) is 0. The van der Waals surface area contributed by atoms with Gasteiger partial charge in [-0.1, -0.05) is 64.5 Å². The third-order valence-electron chi connectivity index (χ3n) is 6.69. The van der Waals surface area contributed by atoms with Crippen molar-refractivity contribution in [2.24, 2.45) is 0 Å². The van der Waals surface area contributed by atoms with Gasteiger partial charge in [-0.15, -0.1) is 4.37 Å². The first-order valence-electron chi connectivity index (χ1n) is 15.0. The lowest BCUT2D eigenvalue weighted by Gasteiger charge is -2.22. The summed E-state index contributed by atoms with van der Waals surface area (Å²) < 4.78 is 30.7. The smallest absolute Gasteiger partial charge is 0.253 e. The zero-order valence-corrected chi connectivity index (χ0v) is 25.2. The van der Waals surface area contributed by atoms with Gasteiger partial charge in [-0.25, -0.2) is 0 Å². The van der Waals surface area contributed by atoms with Gasteiger partial charge < -0.3 is 19.9 Å². The summed E-state index contributed by atoms with van der Waals surface area (Å²) in [7, 11) is 2.49. The molecule has 0 atom stereocenters. The minimum absolute atomic E-state index is 0.335. The van der Waals surface area contributed by atoms with E-state index in [1.807, 2.05) is 0 Å². The van der Waals surface area contributed by atoms with Gasteiger partial charge in [0, 0.05) is 34.1 Å². The molecule has 2 aromatic heterocycles. The lowest BCUT2D eigenvalue weighted by molar-refractivity contribution is 0.294. The van der Waals surface area contributed by atoms with Gasteiger partial charge in [0.25, 0.3) is 5.88 Å². The maximum Gasteiger partial charge on any atom is 0.253 e. The number of unbranched alkanes of at least 4 members (excludes halogenated alkanes) is 6. The number of aromatic nitrogens is 4. The molecule has 0 unspecified atom stereocenters. The van der Waals surface area contributed by atoms with E-state index < -0.39 is 0 Å². The van der Waals surface area contributed by atoms with Crippen molar-refractivity contribution in [3.8, 4) is 5.88 Å². The van der Waals surface area contributed by atoms with Crippen LogP contribution in [0.15, 0.2) is 12.2 Å². The molecule has 8 nitrogen and oxygen atoms in total. The SMILES string of the molecule is CCCCCCNc1nsnc1C1=CCCN(C)C1.[2H]CN1CCC=C(c2nsnc2OCCCCCC)C1. The van der Waals surface area contributed by atoms with E-state index >= 15 is 0 Å². The second kappa shape index (κ2) is 17.7. The zero-order chi connectivity index (χ0) is 27.7. The molecule has 0 fully saturated rings. The Hall–Kier alpha value is -1.88. The van der Waals surface area contributed by atoms with E-state index in [-0.39, 0.29) is 0 Å². The monoisotopic (exact) mass is 562 g/mol. The normalized spacial score (nSPS) is 16.8. The van der Waals surface area contributed by atoms with Gasteiger partial charge in [0.05, 0.1) is 30.1 Å². The van der Waals surface area contributed by atoms with Crippen molar-refractivity contribution >= 4 is 40.4 Å². The van der Waals surface area contributed by atoms with Crippen LogP contribution >= 0.6 is 23.5 Å². The van der Waals surface area contributed by atoms with Crippen LogP contribution in [0, 0.1) is 0 Å². The quantitative estimate of drug-likeness (QED) is 0.263. The molecule has 2 aromatic rings. The molecule has 0 amide bonds. The molecule has 4 heterocycles. The number of likely N-dealkylation sites (N-methyl/N-ethyl adjacent to an activating group) is 2. The van der Waals surface area contributed by atoms with Gasteiger partial charge in [-0.2, -0.15) is 13.1 Å². The fraction of sp³-hybridized carbons (Fsp3) is 0.714. The van der Waals surface area contributed by atoms with Gasteiger partial charge in [-0.05, 0) is 50.9 Å². The number of nitrogens with zero attached hydrogens (tertiary/aromatic N) is 6. The number of rotatable bonds is 14. The molecule has 0 bridgehead atoms. The summed E-state index contributed by atoms with van der Waals surface area (Å²) in [4.78, 5) is 4.43. The molecule has 0 aliphatic carbocycles. The average Bonchev–Trinajstić information content (AvgIpc) is 3.63. The topological polar surface area (TPSA) is 79.3 Å². The van der Waals surface area contributed by atoms with E-state index in [9.17, 15) is 0 Å². The fourth-order valence-electron chi connectivity index (χ4n) is 4.49. The summed E-state index contributed by atoms with van der Waals surface area (Å²) in [6.45, 7) is 10.0. The molecular formula is C28H47N7OS2. The van der Waals surface area contributed by atoms with Crippen molar-refractivity contribution in [2.45, 2.75) is 78.1 Å². The van der Waals surface area contributed by atoms with Gasteiger partial charge in [0.15, 0.2) is 5.82 Å². The summed E-state index contributed by atoms with van der Waals surface area (Å²) in [5.41, 5.74) is 4.41. The lowest BCUT2D eigenvalue weighted by atomic mass is 10.1. The highest BCUT2D eigenvalue weighted by atomic mass is 32.1. The van der Waals surface area contributed by atoms with Crippen molar-refractivity contribution in [1.82, 2.24) is 27.3 Å². The minimum atomic E-state index is 0.335. The van der Waals surface area contributed by atoms with E-state index in [0.29, 0.717) is 19.5 Å². The van der Waals surface area contributed by atoms with E-state index in [1.165, 1.54) is 74.0 Å². The Balaban J connectivity index is 0.000000216. The van der Waals surface area contributed by atoms with Crippen LogP contribution in [0.2, 0.25) is 0 Å². The van der Waals surface area contributed by atoms with Crippen LogP contribution in [0.4, 0.5) is 5.82 Å². The van der Waals surface area contributed by atoms with Crippen molar-refractivity contribution < 1.29 is 6.11 Å². The molecule has 0 spiro atoms. The summed E-state index contributed by atoms with van der Waals surface area (Å²) in [5, 5.41) is 3.44. The van der Waals surface area contributed by atoms with Crippen molar-refractivity contribution in [3.63, 3.8) is 0 Å². The number of nitrogens with one attached hydrogen (secondary N) is 1. The Morgan fingerprint density at radius 1 is 0.842 bits per heavy atom. The molecule has 0 saturated carbocycles. The van der Waals surface area contributed by atoms with Crippen LogP contribution in [0.3, 0.4) is 0 Å². The Kier molecular flexibility index (Phi) is 13.5. The van der Waals surface area contributed by atoms with Crippen molar-refractivity contribution in [1.29, 1.82) is 0 Å². The van der Waals surface area contributed by atoms with Crippen molar-refractivity contribution in [3.05, 3.63) is 23.5 Å². The molecule has 0 radical (unpaired) electrons. The number of anilines is 1. The summed E-state index contributed by atoms with van der Waals surface area (Å²) in [6.07, 6.45) is 16.5. The Labute approximate surface area is 239 Å². The van der Waals surface area contributed by atoms with E-state index in [4.69, 9.17) is 6.11 Å². The molecule has 0 saturated heterocycles. The number of hydrogen-bond acceptors (Lipinski definition) is 10. The highest BCUT2D eigenvalue weighted by molar-refractivity contribution is 6.99. The maximum absolute atomic E-state index is 7.48. The van der Waals surface area contributed by atoms with Crippen LogP contribution in [0.25, 0.3) is 11.1 Å². The Morgan fingerprint density at radius 2 is 1.50 bits per heavy atom. The highest BCUT2D eigenvalue weighted by Gasteiger charge is 2.19. The summed E-state index contributed by atoms with van der Waals surface area (Å²) >= 11 is 2.51. The van der Waals surface area contributed by atoms with E-state index in [0.717, 1.165) is 74.8 Å². The molecule has 4 rings (SSSR count).